The molecule has 2 aromatic rings. The second kappa shape index (κ2) is 5.85. The molecule has 110 valence electrons. The van der Waals surface area contributed by atoms with Gasteiger partial charge in [0, 0.05) is 27.6 Å². The third kappa shape index (κ3) is 3.81. The molecule has 0 aliphatic rings. The van der Waals surface area contributed by atoms with E-state index in [1.807, 2.05) is 0 Å². The van der Waals surface area contributed by atoms with E-state index in [-0.39, 0.29) is 10.0 Å². The summed E-state index contributed by atoms with van der Waals surface area (Å²) >= 11 is 2.83. The summed E-state index contributed by atoms with van der Waals surface area (Å²) in [5.41, 5.74) is 0.213. The predicted octanol–water partition coefficient (Wildman–Crippen LogP) is 4.42. The van der Waals surface area contributed by atoms with Crippen LogP contribution >= 0.6 is 15.9 Å². The fourth-order valence-corrected chi connectivity index (χ4v) is 2.18. The molecule has 1 heterocycles. The largest absolute Gasteiger partial charge is 0.417 e. The zero-order valence-electron chi connectivity index (χ0n) is 10.8. The van der Waals surface area contributed by atoms with Gasteiger partial charge in [-0.25, -0.2) is 0 Å². The number of nitrogens with one attached hydrogen (secondary N) is 1. The van der Waals surface area contributed by atoms with Crippen LogP contribution in [0.25, 0.3) is 0 Å². The molecule has 3 nitrogen and oxygen atoms in total. The second-order valence-electron chi connectivity index (χ2n) is 4.33. The summed E-state index contributed by atoms with van der Waals surface area (Å²) in [7, 11) is 0. The molecule has 0 aliphatic heterocycles. The maximum atomic E-state index is 12.8. The van der Waals surface area contributed by atoms with Crippen molar-refractivity contribution in [3.8, 4) is 0 Å². The van der Waals surface area contributed by atoms with Crippen LogP contribution in [0.2, 0.25) is 0 Å². The number of halogens is 4. The molecule has 0 fully saturated rings. The van der Waals surface area contributed by atoms with E-state index in [1.54, 1.807) is 19.1 Å². The Bertz CT molecular complexity index is 686. The monoisotopic (exact) mass is 358 g/mol. The van der Waals surface area contributed by atoms with Crippen molar-refractivity contribution >= 4 is 27.5 Å². The highest BCUT2D eigenvalue weighted by Crippen LogP contribution is 2.35. The highest BCUT2D eigenvalue weighted by atomic mass is 79.9. The van der Waals surface area contributed by atoms with Crippen LogP contribution in [0.1, 0.15) is 21.6 Å². The Morgan fingerprint density at radius 3 is 2.57 bits per heavy atom. The van der Waals surface area contributed by atoms with Gasteiger partial charge in [-0.1, -0.05) is 15.9 Å². The molecule has 0 radical (unpaired) electrons. The number of hydrogen-bond donors (Lipinski definition) is 1. The molecule has 21 heavy (non-hydrogen) atoms. The van der Waals surface area contributed by atoms with Crippen molar-refractivity contribution in [1.29, 1.82) is 0 Å². The number of carbonyl (C=O) groups excluding carboxylic acids is 1. The van der Waals surface area contributed by atoms with Crippen molar-refractivity contribution in [3.05, 3.63) is 57.8 Å². The fourth-order valence-electron chi connectivity index (χ4n) is 1.71. The summed E-state index contributed by atoms with van der Waals surface area (Å²) in [5.74, 6) is -0.612. The molecule has 1 aromatic heterocycles. The topological polar surface area (TPSA) is 42.0 Å². The summed E-state index contributed by atoms with van der Waals surface area (Å²) < 4.78 is 38.3. The number of aromatic nitrogens is 1. The highest BCUT2D eigenvalue weighted by Gasteiger charge is 2.33. The minimum Gasteiger partial charge on any atom is -0.322 e. The Hall–Kier alpha value is -1.89. The molecule has 0 spiro atoms. The first-order valence-electron chi connectivity index (χ1n) is 5.88. The molecular formula is C14H10BrF3N2O. The van der Waals surface area contributed by atoms with Crippen LogP contribution < -0.4 is 5.32 Å². The highest BCUT2D eigenvalue weighted by molar-refractivity contribution is 9.10. The number of aryl methyl sites for hydroxylation is 1. The van der Waals surface area contributed by atoms with E-state index in [0.717, 1.165) is 6.07 Å². The Labute approximate surface area is 127 Å². The summed E-state index contributed by atoms with van der Waals surface area (Å²) in [5, 5.41) is 2.54. The SMILES string of the molecule is Cc1cc(NC(=O)c2ccc(Br)c(C(F)(F)F)c2)ccn1. The van der Waals surface area contributed by atoms with E-state index in [9.17, 15) is 18.0 Å². The first kappa shape index (κ1) is 15.5. The minimum atomic E-state index is -4.53. The van der Waals surface area contributed by atoms with Crippen LogP contribution in [-0.2, 0) is 6.18 Å². The molecule has 1 aromatic carbocycles. The number of nitrogens with zero attached hydrogens (tertiary/aromatic N) is 1. The average Bonchev–Trinajstić information content (AvgIpc) is 2.37. The maximum absolute atomic E-state index is 12.8. The van der Waals surface area contributed by atoms with Gasteiger partial charge < -0.3 is 5.32 Å². The van der Waals surface area contributed by atoms with Gasteiger partial charge in [0.05, 0.1) is 5.56 Å². The molecule has 7 heteroatoms. The first-order valence-corrected chi connectivity index (χ1v) is 6.67. The van der Waals surface area contributed by atoms with Crippen LogP contribution in [0, 0.1) is 6.92 Å². The summed E-state index contributed by atoms with van der Waals surface area (Å²) in [6, 6.07) is 6.53. The molecule has 0 saturated heterocycles. The smallest absolute Gasteiger partial charge is 0.322 e. The van der Waals surface area contributed by atoms with Gasteiger partial charge in [-0.2, -0.15) is 13.2 Å². The molecule has 0 atom stereocenters. The van der Waals surface area contributed by atoms with Gasteiger partial charge in [0.1, 0.15) is 0 Å². The lowest BCUT2D eigenvalue weighted by Gasteiger charge is -2.11. The normalized spacial score (nSPS) is 11.3. The molecular weight excluding hydrogens is 349 g/mol. The number of benzene rings is 1. The lowest BCUT2D eigenvalue weighted by Crippen LogP contribution is -2.14. The zero-order chi connectivity index (χ0) is 15.6. The number of hydrogen-bond acceptors (Lipinski definition) is 2. The van der Waals surface area contributed by atoms with Gasteiger partial charge >= 0.3 is 6.18 Å². The summed E-state index contributed by atoms with van der Waals surface area (Å²) in [6.07, 6.45) is -3.02. The van der Waals surface area contributed by atoms with Crippen molar-refractivity contribution in [2.24, 2.45) is 0 Å². The number of alkyl halides is 3. The number of anilines is 1. The van der Waals surface area contributed by atoms with E-state index < -0.39 is 17.6 Å². The van der Waals surface area contributed by atoms with Crippen LogP contribution in [0.4, 0.5) is 18.9 Å². The Morgan fingerprint density at radius 1 is 1.24 bits per heavy atom. The van der Waals surface area contributed by atoms with Crippen LogP contribution in [0.5, 0.6) is 0 Å². The van der Waals surface area contributed by atoms with Crippen molar-refractivity contribution < 1.29 is 18.0 Å². The number of pyridine rings is 1. The second-order valence-corrected chi connectivity index (χ2v) is 5.19. The van der Waals surface area contributed by atoms with Crippen LogP contribution in [0.15, 0.2) is 41.0 Å². The quantitative estimate of drug-likeness (QED) is 0.862. The molecule has 1 amide bonds. The van der Waals surface area contributed by atoms with Gasteiger partial charge in [0.2, 0.25) is 0 Å². The standard InChI is InChI=1S/C14H10BrF3N2O/c1-8-6-10(4-5-19-8)20-13(21)9-2-3-12(15)11(7-9)14(16,17)18/h2-7H,1H3,(H,19,20,21). The van der Waals surface area contributed by atoms with E-state index in [0.29, 0.717) is 11.4 Å². The van der Waals surface area contributed by atoms with Crippen LogP contribution in [0.3, 0.4) is 0 Å². The Kier molecular flexibility index (Phi) is 4.32. The molecule has 0 saturated carbocycles. The van der Waals surface area contributed by atoms with Crippen molar-refractivity contribution in [2.45, 2.75) is 13.1 Å². The summed E-state index contributed by atoms with van der Waals surface area (Å²) in [6.45, 7) is 1.75. The van der Waals surface area contributed by atoms with E-state index in [1.165, 1.54) is 18.3 Å². The molecule has 0 bridgehead atoms. The molecule has 0 aliphatic carbocycles. The number of carbonyl (C=O) groups is 1. The Morgan fingerprint density at radius 2 is 1.95 bits per heavy atom. The third-order valence-corrected chi connectivity index (χ3v) is 3.38. The van der Waals surface area contributed by atoms with E-state index in [4.69, 9.17) is 0 Å². The van der Waals surface area contributed by atoms with E-state index >= 15 is 0 Å². The average molecular weight is 359 g/mol. The molecule has 1 N–H and O–H groups in total. The van der Waals surface area contributed by atoms with Gasteiger partial charge in [-0.3, -0.25) is 9.78 Å². The van der Waals surface area contributed by atoms with E-state index in [2.05, 4.69) is 26.2 Å². The minimum absolute atomic E-state index is 0.0695. The summed E-state index contributed by atoms with van der Waals surface area (Å²) in [4.78, 5) is 16.0. The fraction of sp³-hybridized carbons (Fsp3) is 0.143. The zero-order valence-corrected chi connectivity index (χ0v) is 12.4. The third-order valence-electron chi connectivity index (χ3n) is 2.69. The molecule has 0 unspecified atom stereocenters. The van der Waals surface area contributed by atoms with Crippen molar-refractivity contribution in [2.75, 3.05) is 5.32 Å². The lowest BCUT2D eigenvalue weighted by molar-refractivity contribution is -0.138. The van der Waals surface area contributed by atoms with Gasteiger partial charge in [0.25, 0.3) is 5.91 Å². The number of rotatable bonds is 2. The maximum Gasteiger partial charge on any atom is 0.417 e. The Balaban J connectivity index is 2.28. The van der Waals surface area contributed by atoms with Gasteiger partial charge in [-0.05, 0) is 37.3 Å². The van der Waals surface area contributed by atoms with Crippen molar-refractivity contribution in [1.82, 2.24) is 4.98 Å². The van der Waals surface area contributed by atoms with Gasteiger partial charge in [-0.15, -0.1) is 0 Å². The van der Waals surface area contributed by atoms with Gasteiger partial charge in [0.15, 0.2) is 0 Å². The molecule has 2 rings (SSSR count). The predicted molar refractivity (Wildman–Crippen MR) is 76.1 cm³/mol. The first-order chi connectivity index (χ1) is 9.77. The number of amides is 1. The lowest BCUT2D eigenvalue weighted by atomic mass is 10.1. The van der Waals surface area contributed by atoms with Crippen molar-refractivity contribution in [3.63, 3.8) is 0 Å². The van der Waals surface area contributed by atoms with Crippen LogP contribution in [-0.4, -0.2) is 10.9 Å².